The van der Waals surface area contributed by atoms with Crippen molar-refractivity contribution in [3.05, 3.63) is 47.0 Å². The molecule has 0 spiro atoms. The first-order valence-electron chi connectivity index (χ1n) is 11.7. The van der Waals surface area contributed by atoms with Gasteiger partial charge >= 0.3 is 5.85 Å². The minimum absolute atomic E-state index is 0.114. The van der Waals surface area contributed by atoms with Gasteiger partial charge in [-0.1, -0.05) is 46.8 Å². The van der Waals surface area contributed by atoms with Crippen LogP contribution < -0.4 is 9.64 Å². The Hall–Kier alpha value is -2.53. The molecule has 0 saturated carbocycles. The molecule has 0 saturated heterocycles. The highest BCUT2D eigenvalue weighted by Crippen LogP contribution is 2.43. The normalized spacial score (nSPS) is 11.5. The average molecular weight is 510 g/mol. The average Bonchev–Trinajstić information content (AvgIpc) is 2.75. The second-order valence-corrected chi connectivity index (χ2v) is 10.2. The van der Waals surface area contributed by atoms with Gasteiger partial charge in [-0.25, -0.2) is 0 Å². The topological polar surface area (TPSA) is 66.8 Å². The zero-order valence-corrected chi connectivity index (χ0v) is 22.8. The number of anilines is 1. The molecule has 194 valence electrons. The van der Waals surface area contributed by atoms with E-state index in [4.69, 9.17) is 14.6 Å². The Morgan fingerprint density at radius 3 is 2.17 bits per heavy atom. The molecule has 35 heavy (non-hydrogen) atoms. The molecule has 0 heterocycles. The van der Waals surface area contributed by atoms with Gasteiger partial charge in [-0.15, -0.1) is 0 Å². The Morgan fingerprint density at radius 2 is 1.71 bits per heavy atom. The van der Waals surface area contributed by atoms with Gasteiger partial charge in [-0.3, -0.25) is 9.59 Å². The van der Waals surface area contributed by atoms with Crippen LogP contribution in [0.4, 0.5) is 14.5 Å². The third-order valence-electron chi connectivity index (χ3n) is 5.96. The van der Waals surface area contributed by atoms with E-state index in [-0.39, 0.29) is 17.6 Å². The molecule has 8 heteroatoms. The molecule has 0 aliphatic heterocycles. The van der Waals surface area contributed by atoms with Crippen LogP contribution in [0.3, 0.4) is 0 Å². The van der Waals surface area contributed by atoms with Gasteiger partial charge in [-0.05, 0) is 87.7 Å². The zero-order chi connectivity index (χ0) is 27.0. The molecule has 1 atom stereocenters. The van der Waals surface area contributed by atoms with Crippen LogP contribution in [-0.4, -0.2) is 30.4 Å². The fourth-order valence-electron chi connectivity index (χ4n) is 3.88. The van der Waals surface area contributed by atoms with E-state index in [1.807, 2.05) is 32.0 Å². The molecule has 0 aliphatic carbocycles. The Morgan fingerprint density at radius 1 is 1.11 bits per heavy atom. The predicted molar refractivity (Wildman–Crippen MR) is 142 cm³/mol. The van der Waals surface area contributed by atoms with Crippen molar-refractivity contribution in [3.63, 3.8) is 0 Å². The Labute approximate surface area is 210 Å². The third-order valence-corrected chi connectivity index (χ3v) is 6.08. The van der Waals surface area contributed by atoms with Gasteiger partial charge in [-0.2, -0.15) is 8.78 Å². The van der Waals surface area contributed by atoms with E-state index in [1.165, 1.54) is 9.24 Å². The van der Waals surface area contributed by atoms with Gasteiger partial charge < -0.3 is 14.7 Å². The molecular weight excluding hydrogens is 471 g/mol. The molecule has 1 unspecified atom stereocenters. The SMILES string of the molecule is CCN(C=O)c1cc(-c2cc(CC(C)C)ccc2OC(F)(F)P)c(C)cc1C(C)(C)CC.O=CO. The van der Waals surface area contributed by atoms with Gasteiger partial charge in [0.05, 0.1) is 0 Å². The van der Waals surface area contributed by atoms with Crippen molar-refractivity contribution in [2.45, 2.75) is 72.6 Å². The second-order valence-electron chi connectivity index (χ2n) is 9.51. The number of hydrogen-bond acceptors (Lipinski definition) is 3. The van der Waals surface area contributed by atoms with Crippen LogP contribution in [0.25, 0.3) is 11.1 Å². The summed E-state index contributed by atoms with van der Waals surface area (Å²) in [7, 11) is 1.43. The number of aryl methyl sites for hydroxylation is 1. The standard InChI is InChI=1S/C26H36F2NO2P.CH2O2/c1-8-25(6,7)22-13-18(5)20(15-23(22)29(9-2)16-30)21-14-19(12-17(3)4)10-11-24(21)31-26(27,28)32;2-1-3/h10-11,13-17H,8-9,12,32H2,1-7H3;1H,(H,2,3). The van der Waals surface area contributed by atoms with Gasteiger partial charge in [0.1, 0.15) is 5.75 Å². The maximum absolute atomic E-state index is 13.8. The fraction of sp³-hybridized carbons (Fsp3) is 0.481. The Bertz CT molecular complexity index is 1000. The highest BCUT2D eigenvalue weighted by atomic mass is 31.0. The maximum Gasteiger partial charge on any atom is 0.408 e. The molecule has 1 N–H and O–H groups in total. The molecule has 0 aromatic heterocycles. The molecule has 2 aromatic rings. The van der Waals surface area contributed by atoms with Crippen molar-refractivity contribution in [3.8, 4) is 16.9 Å². The van der Waals surface area contributed by atoms with Gasteiger partial charge in [0.15, 0.2) is 0 Å². The zero-order valence-electron chi connectivity index (χ0n) is 21.7. The molecule has 0 aliphatic rings. The number of carboxylic acid groups (broad SMARTS) is 1. The van der Waals surface area contributed by atoms with E-state index in [2.05, 4.69) is 40.7 Å². The van der Waals surface area contributed by atoms with E-state index in [1.54, 1.807) is 11.0 Å². The minimum Gasteiger partial charge on any atom is -0.483 e. The van der Waals surface area contributed by atoms with Crippen molar-refractivity contribution in [1.29, 1.82) is 0 Å². The van der Waals surface area contributed by atoms with Crippen molar-refractivity contribution in [1.82, 2.24) is 0 Å². The summed E-state index contributed by atoms with van der Waals surface area (Å²) < 4.78 is 32.6. The number of alkyl halides is 2. The lowest BCUT2D eigenvalue weighted by molar-refractivity contribution is -0.122. The Balaban J connectivity index is 0.00000194. The first-order valence-corrected chi connectivity index (χ1v) is 12.3. The van der Waals surface area contributed by atoms with Crippen LogP contribution in [0, 0.1) is 12.8 Å². The minimum atomic E-state index is -3.38. The summed E-state index contributed by atoms with van der Waals surface area (Å²) in [6.45, 7) is 14.8. The molecule has 2 rings (SSSR count). The molecule has 0 bridgehead atoms. The highest BCUT2D eigenvalue weighted by molar-refractivity contribution is 7.17. The molecule has 1 amide bonds. The van der Waals surface area contributed by atoms with E-state index in [0.29, 0.717) is 18.0 Å². The smallest absolute Gasteiger partial charge is 0.408 e. The van der Waals surface area contributed by atoms with Gasteiger partial charge in [0.2, 0.25) is 6.41 Å². The lowest BCUT2D eigenvalue weighted by Crippen LogP contribution is -2.26. The largest absolute Gasteiger partial charge is 0.483 e. The van der Waals surface area contributed by atoms with Crippen molar-refractivity contribution in [2.24, 2.45) is 5.92 Å². The first kappa shape index (κ1) is 30.5. The van der Waals surface area contributed by atoms with E-state index < -0.39 is 5.85 Å². The van der Waals surface area contributed by atoms with Gasteiger partial charge in [0, 0.05) is 17.8 Å². The summed E-state index contributed by atoms with van der Waals surface area (Å²) in [4.78, 5) is 21.9. The number of rotatable bonds is 10. The quantitative estimate of drug-likeness (QED) is 0.276. The van der Waals surface area contributed by atoms with E-state index in [0.717, 1.165) is 47.2 Å². The lowest BCUT2D eigenvalue weighted by atomic mass is 9.79. The van der Waals surface area contributed by atoms with Crippen LogP contribution >= 0.6 is 9.24 Å². The van der Waals surface area contributed by atoms with Crippen molar-refractivity contribution < 1.29 is 28.2 Å². The molecular formula is C27H38F2NO4P. The number of nitrogens with zero attached hydrogens (tertiary/aromatic N) is 1. The monoisotopic (exact) mass is 509 g/mol. The number of amides is 1. The van der Waals surface area contributed by atoms with Crippen LogP contribution in [0.5, 0.6) is 5.75 Å². The number of hydrogen-bond donors (Lipinski definition) is 1. The Kier molecular flexibility index (Phi) is 11.3. The van der Waals surface area contributed by atoms with Crippen LogP contribution in [0.15, 0.2) is 30.3 Å². The van der Waals surface area contributed by atoms with E-state index >= 15 is 0 Å². The highest BCUT2D eigenvalue weighted by Gasteiger charge is 2.28. The summed E-state index contributed by atoms with van der Waals surface area (Å²) in [5.74, 6) is -2.84. The van der Waals surface area contributed by atoms with Crippen molar-refractivity contribution >= 4 is 27.8 Å². The number of carbonyl (C=O) groups is 2. The number of benzene rings is 2. The third kappa shape index (κ3) is 8.57. The first-order chi connectivity index (χ1) is 16.2. The molecule has 2 aromatic carbocycles. The van der Waals surface area contributed by atoms with Crippen LogP contribution in [-0.2, 0) is 21.4 Å². The lowest BCUT2D eigenvalue weighted by Gasteiger charge is -2.31. The second kappa shape index (κ2) is 13.0. The summed E-state index contributed by atoms with van der Waals surface area (Å²) in [6.07, 6.45) is 2.55. The van der Waals surface area contributed by atoms with Gasteiger partial charge in [0.25, 0.3) is 6.47 Å². The fourth-order valence-corrected chi connectivity index (χ4v) is 4.01. The maximum atomic E-state index is 13.8. The van der Waals surface area contributed by atoms with Crippen LogP contribution in [0.2, 0.25) is 0 Å². The number of ether oxygens (including phenoxy) is 1. The molecule has 0 radical (unpaired) electrons. The van der Waals surface area contributed by atoms with E-state index in [9.17, 15) is 13.6 Å². The summed E-state index contributed by atoms with van der Waals surface area (Å²) >= 11 is 0. The predicted octanol–water partition coefficient (Wildman–Crippen LogP) is 7.04. The molecule has 5 nitrogen and oxygen atoms in total. The summed E-state index contributed by atoms with van der Waals surface area (Å²) in [5, 5.41) is 6.89. The molecule has 0 fully saturated rings. The van der Waals surface area contributed by atoms with Crippen LogP contribution in [0.1, 0.15) is 64.7 Å². The summed E-state index contributed by atoms with van der Waals surface area (Å²) in [5.41, 5.74) is 5.10. The summed E-state index contributed by atoms with van der Waals surface area (Å²) in [6, 6.07) is 9.41. The number of halogens is 2. The van der Waals surface area contributed by atoms with Crippen molar-refractivity contribution in [2.75, 3.05) is 11.4 Å². The number of carbonyl (C=O) groups excluding carboxylic acids is 1.